The van der Waals surface area contributed by atoms with E-state index in [0.29, 0.717) is 18.5 Å². The van der Waals surface area contributed by atoms with Crippen LogP contribution in [0.25, 0.3) is 0 Å². The normalized spacial score (nSPS) is 22.9. The molecule has 2 fully saturated rings. The molecular formula is C27H46N4O5. The van der Waals surface area contributed by atoms with Crippen LogP contribution in [0.4, 0.5) is 0 Å². The fraction of sp³-hybridized carbons (Fsp3) is 0.778. The monoisotopic (exact) mass is 506 g/mol. The number of carbonyl (C=O) groups is 4. The Kier molecular flexibility index (Phi) is 10.9. The summed E-state index contributed by atoms with van der Waals surface area (Å²) in [6.07, 6.45) is 6.02. The summed E-state index contributed by atoms with van der Waals surface area (Å²) in [5.41, 5.74) is 0.484. The van der Waals surface area contributed by atoms with E-state index >= 15 is 0 Å². The Bertz CT molecular complexity index is 840. The maximum absolute atomic E-state index is 13.6. The number of nitrogens with one attached hydrogen (secondary N) is 1. The number of piperidine rings is 1. The molecule has 4 unspecified atom stereocenters. The Balaban J connectivity index is 2.19. The predicted molar refractivity (Wildman–Crippen MR) is 139 cm³/mol. The van der Waals surface area contributed by atoms with Crippen LogP contribution in [0.2, 0.25) is 0 Å². The molecule has 4 atom stereocenters. The molecule has 3 amide bonds. The van der Waals surface area contributed by atoms with Crippen molar-refractivity contribution in [3.63, 3.8) is 0 Å². The first-order valence-corrected chi connectivity index (χ1v) is 13.2. The van der Waals surface area contributed by atoms with Gasteiger partial charge in [-0.1, -0.05) is 40.2 Å². The van der Waals surface area contributed by atoms with Gasteiger partial charge in [0.2, 0.25) is 17.7 Å². The highest BCUT2D eigenvalue weighted by molar-refractivity contribution is 5.96. The van der Waals surface area contributed by atoms with Gasteiger partial charge in [0, 0.05) is 19.2 Å². The fourth-order valence-corrected chi connectivity index (χ4v) is 5.23. The lowest BCUT2D eigenvalue weighted by Gasteiger charge is -2.36. The van der Waals surface area contributed by atoms with E-state index in [0.717, 1.165) is 32.2 Å². The SMILES string of the molecule is COC(=O)C1CCCN1C(=O)/C(C)=C/C(C(C)C)N(C)C(=O)C(NC(=O)C1CCCCN1C)C(C)C. The van der Waals surface area contributed by atoms with Crippen molar-refractivity contribution in [2.45, 2.75) is 90.9 Å². The molecule has 9 heteroatoms. The van der Waals surface area contributed by atoms with Crippen LogP contribution < -0.4 is 5.32 Å². The van der Waals surface area contributed by atoms with Crippen molar-refractivity contribution in [1.29, 1.82) is 0 Å². The average molecular weight is 507 g/mol. The van der Waals surface area contributed by atoms with Crippen LogP contribution in [0.5, 0.6) is 0 Å². The van der Waals surface area contributed by atoms with Gasteiger partial charge in [0.25, 0.3) is 0 Å². The maximum Gasteiger partial charge on any atom is 0.328 e. The largest absolute Gasteiger partial charge is 0.467 e. The van der Waals surface area contributed by atoms with Crippen molar-refractivity contribution in [3.05, 3.63) is 11.6 Å². The maximum atomic E-state index is 13.6. The molecule has 2 heterocycles. The lowest BCUT2D eigenvalue weighted by Crippen LogP contribution is -2.57. The summed E-state index contributed by atoms with van der Waals surface area (Å²) in [6.45, 7) is 10.9. The lowest BCUT2D eigenvalue weighted by molar-refractivity contribution is -0.149. The Hall–Kier alpha value is -2.42. The van der Waals surface area contributed by atoms with Gasteiger partial charge in [-0.15, -0.1) is 0 Å². The van der Waals surface area contributed by atoms with Gasteiger partial charge in [-0.25, -0.2) is 4.79 Å². The number of likely N-dealkylation sites (tertiary alicyclic amines) is 2. The predicted octanol–water partition coefficient (Wildman–Crippen LogP) is 2.20. The van der Waals surface area contributed by atoms with Crippen LogP contribution in [0, 0.1) is 11.8 Å². The highest BCUT2D eigenvalue weighted by Gasteiger charge is 2.37. The van der Waals surface area contributed by atoms with E-state index in [1.807, 2.05) is 40.8 Å². The third-order valence-electron chi connectivity index (χ3n) is 7.53. The molecule has 0 bridgehead atoms. The minimum atomic E-state index is -0.661. The number of amides is 3. The van der Waals surface area contributed by atoms with Crippen molar-refractivity contribution in [2.24, 2.45) is 11.8 Å². The van der Waals surface area contributed by atoms with E-state index in [4.69, 9.17) is 4.74 Å². The van der Waals surface area contributed by atoms with E-state index in [2.05, 4.69) is 10.2 Å². The van der Waals surface area contributed by atoms with E-state index in [9.17, 15) is 19.2 Å². The van der Waals surface area contributed by atoms with Crippen LogP contribution in [0.1, 0.15) is 66.7 Å². The van der Waals surface area contributed by atoms with Crippen LogP contribution in [0.15, 0.2) is 11.6 Å². The first-order chi connectivity index (χ1) is 16.9. The number of nitrogens with zero attached hydrogens (tertiary/aromatic N) is 3. The van der Waals surface area contributed by atoms with Crippen LogP contribution in [-0.4, -0.2) is 96.9 Å². The Morgan fingerprint density at radius 1 is 0.972 bits per heavy atom. The molecule has 0 aliphatic carbocycles. The van der Waals surface area contributed by atoms with Crippen molar-refractivity contribution in [2.75, 3.05) is 34.3 Å². The highest BCUT2D eigenvalue weighted by atomic mass is 16.5. The number of hydrogen-bond acceptors (Lipinski definition) is 6. The van der Waals surface area contributed by atoms with E-state index in [1.165, 1.54) is 7.11 Å². The molecule has 9 nitrogen and oxygen atoms in total. The van der Waals surface area contributed by atoms with E-state index in [1.54, 1.807) is 23.8 Å². The standard InChI is InChI=1S/C27H46N4O5/c1-17(2)22(16-19(5)25(33)31-15-11-13-21(31)27(35)36-8)30(7)26(34)23(18(3)4)28-24(32)20-12-9-10-14-29(20)6/h16-18,20-23H,9-15H2,1-8H3,(H,28,32)/b19-16+. The molecule has 2 aliphatic heterocycles. The Labute approximate surface area is 216 Å². The average Bonchev–Trinajstić information content (AvgIpc) is 3.33. The third-order valence-corrected chi connectivity index (χ3v) is 7.53. The number of carbonyl (C=O) groups excluding carboxylic acids is 4. The zero-order valence-corrected chi connectivity index (χ0v) is 23.4. The van der Waals surface area contributed by atoms with Gasteiger partial charge in [-0.3, -0.25) is 19.3 Å². The molecule has 0 aromatic rings. The van der Waals surface area contributed by atoms with Gasteiger partial charge in [0.15, 0.2) is 0 Å². The van der Waals surface area contributed by atoms with Crippen LogP contribution in [-0.2, 0) is 23.9 Å². The van der Waals surface area contributed by atoms with Gasteiger partial charge in [-0.05, 0) is 58.0 Å². The second-order valence-corrected chi connectivity index (χ2v) is 10.9. The number of likely N-dealkylation sites (N-methyl/N-ethyl adjacent to an activating group) is 2. The van der Waals surface area contributed by atoms with Crippen molar-refractivity contribution < 1.29 is 23.9 Å². The topological polar surface area (TPSA) is 99.3 Å². The lowest BCUT2D eigenvalue weighted by atomic mass is 9.96. The fourth-order valence-electron chi connectivity index (χ4n) is 5.23. The summed E-state index contributed by atoms with van der Waals surface area (Å²) in [5, 5.41) is 3.02. The van der Waals surface area contributed by atoms with Crippen LogP contribution >= 0.6 is 0 Å². The molecular weight excluding hydrogens is 460 g/mol. The number of hydrogen-bond donors (Lipinski definition) is 1. The minimum absolute atomic E-state index is 0.0321. The Morgan fingerprint density at radius 3 is 2.17 bits per heavy atom. The summed E-state index contributed by atoms with van der Waals surface area (Å²) < 4.78 is 4.87. The molecule has 0 radical (unpaired) electrons. The van der Waals surface area contributed by atoms with Crippen LogP contribution in [0.3, 0.4) is 0 Å². The number of esters is 1. The second kappa shape index (κ2) is 13.2. The second-order valence-electron chi connectivity index (χ2n) is 10.9. The zero-order chi connectivity index (χ0) is 27.2. The molecule has 0 saturated carbocycles. The van der Waals surface area contributed by atoms with Gasteiger partial charge < -0.3 is 19.9 Å². The third kappa shape index (κ3) is 7.08. The molecule has 2 aliphatic rings. The van der Waals surface area contributed by atoms with Crippen molar-refractivity contribution in [3.8, 4) is 0 Å². The smallest absolute Gasteiger partial charge is 0.328 e. The summed E-state index contributed by atoms with van der Waals surface area (Å²) in [6, 6.07) is -1.80. The molecule has 0 spiro atoms. The summed E-state index contributed by atoms with van der Waals surface area (Å²) >= 11 is 0. The van der Waals surface area contributed by atoms with E-state index in [-0.39, 0.29) is 41.6 Å². The van der Waals surface area contributed by atoms with Crippen molar-refractivity contribution in [1.82, 2.24) is 20.0 Å². The molecule has 204 valence electrons. The summed E-state index contributed by atoms with van der Waals surface area (Å²) in [5.74, 6) is -0.972. The summed E-state index contributed by atoms with van der Waals surface area (Å²) in [4.78, 5) is 57.3. The van der Waals surface area contributed by atoms with Crippen molar-refractivity contribution >= 4 is 23.7 Å². The van der Waals surface area contributed by atoms with Gasteiger partial charge in [0.1, 0.15) is 12.1 Å². The first kappa shape index (κ1) is 29.8. The first-order valence-electron chi connectivity index (χ1n) is 13.2. The number of rotatable bonds is 9. The molecule has 2 saturated heterocycles. The van der Waals surface area contributed by atoms with Gasteiger partial charge in [0.05, 0.1) is 19.2 Å². The molecule has 0 aromatic heterocycles. The van der Waals surface area contributed by atoms with Gasteiger partial charge >= 0.3 is 5.97 Å². The molecule has 1 N–H and O–H groups in total. The number of ether oxygens (including phenoxy) is 1. The zero-order valence-electron chi connectivity index (χ0n) is 23.4. The minimum Gasteiger partial charge on any atom is -0.467 e. The van der Waals surface area contributed by atoms with E-state index < -0.39 is 18.1 Å². The number of methoxy groups -OCH3 is 1. The molecule has 36 heavy (non-hydrogen) atoms. The summed E-state index contributed by atoms with van der Waals surface area (Å²) in [7, 11) is 5.01. The Morgan fingerprint density at radius 2 is 1.61 bits per heavy atom. The molecule has 0 aromatic carbocycles. The highest BCUT2D eigenvalue weighted by Crippen LogP contribution is 2.23. The van der Waals surface area contributed by atoms with Gasteiger partial charge in [-0.2, -0.15) is 0 Å². The molecule has 2 rings (SSSR count). The quantitative estimate of drug-likeness (QED) is 0.380.